The van der Waals surface area contributed by atoms with Gasteiger partial charge >= 0.3 is 6.03 Å². The number of urea groups is 1. The Hall–Kier alpha value is -2.93. The molecule has 32 heavy (non-hydrogen) atoms. The van der Waals surface area contributed by atoms with Crippen LogP contribution in [0.5, 0.6) is 0 Å². The maximum Gasteiger partial charge on any atom is 0.318 e. The molecule has 8 heteroatoms. The summed E-state index contributed by atoms with van der Waals surface area (Å²) >= 11 is 6.02. The average Bonchev–Trinajstić information content (AvgIpc) is 3.23. The van der Waals surface area contributed by atoms with Gasteiger partial charge in [0, 0.05) is 11.6 Å². The predicted molar refractivity (Wildman–Crippen MR) is 120 cm³/mol. The summed E-state index contributed by atoms with van der Waals surface area (Å²) in [6, 6.07) is 13.9. The van der Waals surface area contributed by atoms with Crippen molar-refractivity contribution < 1.29 is 9.18 Å². The van der Waals surface area contributed by atoms with Gasteiger partial charge in [0.1, 0.15) is 11.6 Å². The van der Waals surface area contributed by atoms with Crippen LogP contribution in [0.1, 0.15) is 54.5 Å². The van der Waals surface area contributed by atoms with Gasteiger partial charge in [0.25, 0.3) is 0 Å². The first kappa shape index (κ1) is 20.9. The molecule has 3 aromatic rings. The predicted octanol–water partition coefficient (Wildman–Crippen LogP) is 4.96. The van der Waals surface area contributed by atoms with Gasteiger partial charge in [-0.05, 0) is 68.0 Å². The average molecular weight is 454 g/mol. The van der Waals surface area contributed by atoms with Crippen LogP contribution in [0.2, 0.25) is 5.02 Å². The van der Waals surface area contributed by atoms with Gasteiger partial charge in [-0.1, -0.05) is 35.9 Å². The number of aryl methyl sites for hydroxylation is 1. The summed E-state index contributed by atoms with van der Waals surface area (Å²) in [6.07, 6.45) is 3.47. The molecule has 1 unspecified atom stereocenters. The fourth-order valence-electron chi connectivity index (χ4n) is 4.55. The van der Waals surface area contributed by atoms with Crippen LogP contribution >= 0.6 is 11.6 Å². The minimum atomic E-state index is -0.398. The van der Waals surface area contributed by atoms with E-state index < -0.39 is 5.54 Å². The van der Waals surface area contributed by atoms with Crippen LogP contribution in [0.25, 0.3) is 0 Å². The topological polar surface area (TPSA) is 63.1 Å². The van der Waals surface area contributed by atoms with Crippen molar-refractivity contribution in [3.05, 3.63) is 82.1 Å². The van der Waals surface area contributed by atoms with E-state index in [1.54, 1.807) is 12.1 Å². The largest absolute Gasteiger partial charge is 0.328 e. The number of carbonyl (C=O) groups is 1. The Balaban J connectivity index is 1.35. The van der Waals surface area contributed by atoms with E-state index in [0.717, 1.165) is 48.5 Å². The Morgan fingerprint density at radius 3 is 2.56 bits per heavy atom. The summed E-state index contributed by atoms with van der Waals surface area (Å²) in [5.74, 6) is 1.34. The maximum atomic E-state index is 13.3. The molecule has 166 valence electrons. The lowest BCUT2D eigenvalue weighted by Gasteiger charge is -2.28. The van der Waals surface area contributed by atoms with Crippen molar-refractivity contribution >= 4 is 17.6 Å². The highest BCUT2D eigenvalue weighted by molar-refractivity contribution is 6.30. The van der Waals surface area contributed by atoms with Crippen molar-refractivity contribution in [3.63, 3.8) is 0 Å². The number of hydrogen-bond donors (Lipinski definition) is 1. The first-order valence-electron chi connectivity index (χ1n) is 10.9. The summed E-state index contributed by atoms with van der Waals surface area (Å²) in [7, 11) is 0. The smallest absolute Gasteiger partial charge is 0.318 e. The lowest BCUT2D eigenvalue weighted by Crippen LogP contribution is -2.45. The van der Waals surface area contributed by atoms with E-state index >= 15 is 0 Å². The third kappa shape index (κ3) is 3.97. The highest BCUT2D eigenvalue weighted by atomic mass is 35.5. The molecule has 6 nitrogen and oxygen atoms in total. The van der Waals surface area contributed by atoms with Crippen LogP contribution < -0.4 is 5.32 Å². The van der Waals surface area contributed by atoms with Gasteiger partial charge in [0.05, 0.1) is 18.1 Å². The second kappa shape index (κ2) is 8.20. The molecule has 2 aromatic carbocycles. The molecule has 2 aliphatic rings. The number of halogens is 2. The zero-order valence-corrected chi connectivity index (χ0v) is 18.6. The van der Waals surface area contributed by atoms with Crippen molar-refractivity contribution in [2.24, 2.45) is 0 Å². The van der Waals surface area contributed by atoms with Gasteiger partial charge in [0.2, 0.25) is 0 Å². The summed E-state index contributed by atoms with van der Waals surface area (Å²) < 4.78 is 15.4. The minimum Gasteiger partial charge on any atom is -0.328 e. The molecule has 1 aliphatic heterocycles. The summed E-state index contributed by atoms with van der Waals surface area (Å²) in [5, 5.41) is 12.7. The lowest BCUT2D eigenvalue weighted by molar-refractivity contribution is 0.184. The normalized spacial score (nSPS) is 19.2. The van der Waals surface area contributed by atoms with Crippen LogP contribution in [0.4, 0.5) is 9.18 Å². The Kier molecular flexibility index (Phi) is 5.37. The van der Waals surface area contributed by atoms with Gasteiger partial charge in [0.15, 0.2) is 5.82 Å². The number of amides is 2. The first-order valence-corrected chi connectivity index (χ1v) is 11.3. The Bertz CT molecular complexity index is 1120. The third-order valence-electron chi connectivity index (χ3n) is 6.52. The van der Waals surface area contributed by atoms with E-state index in [4.69, 9.17) is 11.6 Å². The van der Waals surface area contributed by atoms with Gasteiger partial charge in [-0.25, -0.2) is 9.18 Å². The van der Waals surface area contributed by atoms with Gasteiger partial charge in [-0.2, -0.15) is 0 Å². The number of benzene rings is 2. The van der Waals surface area contributed by atoms with Crippen LogP contribution in [-0.2, 0) is 12.1 Å². The fourth-order valence-corrected chi connectivity index (χ4v) is 4.67. The molecule has 2 heterocycles. The minimum absolute atomic E-state index is 0.104. The lowest BCUT2D eigenvalue weighted by atomic mass is 10.1. The molecule has 1 atom stereocenters. The van der Waals surface area contributed by atoms with E-state index in [1.165, 1.54) is 12.1 Å². The Morgan fingerprint density at radius 2 is 1.88 bits per heavy atom. The van der Waals surface area contributed by atoms with E-state index in [2.05, 4.69) is 20.1 Å². The number of carbonyl (C=O) groups excluding carboxylic acids is 1. The molecular formula is C24H25ClFN5O. The van der Waals surface area contributed by atoms with Crippen molar-refractivity contribution in [2.75, 3.05) is 6.54 Å². The van der Waals surface area contributed by atoms with Gasteiger partial charge in [-0.15, -0.1) is 10.2 Å². The number of hydrogen-bond acceptors (Lipinski definition) is 3. The maximum absolute atomic E-state index is 13.3. The quantitative estimate of drug-likeness (QED) is 0.593. The molecule has 0 radical (unpaired) electrons. The number of likely N-dealkylation sites (tertiary alicyclic amines) is 1. The molecule has 1 saturated carbocycles. The Morgan fingerprint density at radius 1 is 1.16 bits per heavy atom. The summed E-state index contributed by atoms with van der Waals surface area (Å²) in [5.41, 5.74) is 1.65. The van der Waals surface area contributed by atoms with Crippen molar-refractivity contribution in [1.82, 2.24) is 25.0 Å². The molecule has 1 N–H and O–H groups in total. The second-order valence-electron chi connectivity index (χ2n) is 8.69. The zero-order chi connectivity index (χ0) is 22.3. The SMILES string of the molecule is Cc1nnc(C2CCCN2C(=O)NC2(c3ccc(F)cc3)CC2)n1Cc1ccc(Cl)cc1. The van der Waals surface area contributed by atoms with Crippen LogP contribution in [0, 0.1) is 12.7 Å². The van der Waals surface area contributed by atoms with E-state index in [9.17, 15) is 9.18 Å². The first-order chi connectivity index (χ1) is 15.4. The molecule has 5 rings (SSSR count). The summed E-state index contributed by atoms with van der Waals surface area (Å²) in [4.78, 5) is 15.2. The van der Waals surface area contributed by atoms with Crippen molar-refractivity contribution in [3.8, 4) is 0 Å². The fraction of sp³-hybridized carbons (Fsp3) is 0.375. The molecule has 2 amide bonds. The van der Waals surface area contributed by atoms with E-state index in [0.29, 0.717) is 18.1 Å². The van der Waals surface area contributed by atoms with E-state index in [1.807, 2.05) is 36.1 Å². The van der Waals surface area contributed by atoms with Crippen molar-refractivity contribution in [1.29, 1.82) is 0 Å². The molecule has 1 aliphatic carbocycles. The standard InChI is InChI=1S/C24H25ClFN5O/c1-16-28-29-22(31(16)15-17-4-8-19(25)9-5-17)21-3-2-14-30(21)23(32)27-24(12-13-24)18-6-10-20(26)11-7-18/h4-11,21H,2-3,12-15H2,1H3,(H,27,32). The van der Waals surface area contributed by atoms with Gasteiger partial charge < -0.3 is 14.8 Å². The molecule has 1 aromatic heterocycles. The molecular weight excluding hydrogens is 429 g/mol. The second-order valence-corrected chi connectivity index (χ2v) is 9.13. The van der Waals surface area contributed by atoms with Gasteiger partial charge in [-0.3, -0.25) is 0 Å². The van der Waals surface area contributed by atoms with E-state index in [-0.39, 0.29) is 17.9 Å². The highest BCUT2D eigenvalue weighted by Gasteiger charge is 2.47. The number of rotatable bonds is 5. The monoisotopic (exact) mass is 453 g/mol. The summed E-state index contributed by atoms with van der Waals surface area (Å²) in [6.45, 7) is 3.22. The number of aromatic nitrogens is 3. The van der Waals surface area contributed by atoms with Crippen LogP contribution in [-0.4, -0.2) is 32.2 Å². The third-order valence-corrected chi connectivity index (χ3v) is 6.77. The zero-order valence-electron chi connectivity index (χ0n) is 17.9. The van der Waals surface area contributed by atoms with Crippen molar-refractivity contribution in [2.45, 2.75) is 50.7 Å². The van der Waals surface area contributed by atoms with Crippen LogP contribution in [0.15, 0.2) is 48.5 Å². The molecule has 0 bridgehead atoms. The molecule has 2 fully saturated rings. The molecule has 0 spiro atoms. The number of nitrogens with zero attached hydrogens (tertiary/aromatic N) is 4. The van der Waals surface area contributed by atoms with Crippen LogP contribution in [0.3, 0.4) is 0 Å². The molecule has 1 saturated heterocycles. The number of nitrogens with one attached hydrogen (secondary N) is 1. The Labute approximate surface area is 191 Å². The highest BCUT2D eigenvalue weighted by Crippen LogP contribution is 2.46.